The summed E-state index contributed by atoms with van der Waals surface area (Å²) in [6, 6.07) is 0. The summed E-state index contributed by atoms with van der Waals surface area (Å²) >= 11 is 0. The molecule has 0 saturated heterocycles. The zero-order valence-electron chi connectivity index (χ0n) is 9.96. The van der Waals surface area contributed by atoms with Gasteiger partial charge in [-0.2, -0.15) is 5.10 Å². The highest BCUT2D eigenvalue weighted by atomic mass is 15.3. The molecule has 0 radical (unpaired) electrons. The van der Waals surface area contributed by atoms with E-state index in [-0.39, 0.29) is 0 Å². The predicted molar refractivity (Wildman–Crippen MR) is 66.6 cm³/mol. The van der Waals surface area contributed by atoms with E-state index >= 15 is 0 Å². The number of allylic oxidation sites excluding steroid dienone is 5. The summed E-state index contributed by atoms with van der Waals surface area (Å²) in [5.41, 5.74) is 4.82. The van der Waals surface area contributed by atoms with E-state index in [0.29, 0.717) is 0 Å². The lowest BCUT2D eigenvalue weighted by atomic mass is 10.1. The molecule has 14 heavy (non-hydrogen) atoms. The second-order valence-corrected chi connectivity index (χ2v) is 2.26. The lowest BCUT2D eigenvalue weighted by Gasteiger charge is -1.99. The molecule has 0 atom stereocenters. The Morgan fingerprint density at radius 2 is 1.93 bits per heavy atom. The van der Waals surface area contributed by atoms with Gasteiger partial charge in [0.25, 0.3) is 0 Å². The van der Waals surface area contributed by atoms with Crippen molar-refractivity contribution < 1.29 is 0 Å². The van der Waals surface area contributed by atoms with Crippen LogP contribution in [0.2, 0.25) is 0 Å². The van der Waals surface area contributed by atoms with Crippen molar-refractivity contribution in [2.24, 2.45) is 5.10 Å². The molecule has 0 rings (SSSR count). The summed E-state index contributed by atoms with van der Waals surface area (Å²) in [5, 5.41) is 4.06. The first-order valence-electron chi connectivity index (χ1n) is 4.93. The predicted octanol–water partition coefficient (Wildman–Crippen LogP) is 3.30. The van der Waals surface area contributed by atoms with Gasteiger partial charge in [-0.3, -0.25) is 0 Å². The monoisotopic (exact) mass is 194 g/mol. The topological polar surface area (TPSA) is 24.4 Å². The minimum atomic E-state index is 0.970. The van der Waals surface area contributed by atoms with E-state index in [2.05, 4.69) is 17.1 Å². The largest absolute Gasteiger partial charge is 0.313 e. The molecule has 0 bridgehead atoms. The van der Waals surface area contributed by atoms with Crippen molar-refractivity contribution in [1.82, 2.24) is 5.43 Å². The lowest BCUT2D eigenvalue weighted by molar-refractivity contribution is 0.899. The van der Waals surface area contributed by atoms with Crippen molar-refractivity contribution in [3.8, 4) is 0 Å². The molecule has 0 aromatic heterocycles. The highest BCUT2D eigenvalue weighted by Gasteiger charge is 1.93. The van der Waals surface area contributed by atoms with Gasteiger partial charge >= 0.3 is 0 Å². The maximum atomic E-state index is 4.06. The fourth-order valence-corrected chi connectivity index (χ4v) is 0.830. The molecule has 0 aliphatic rings. The molecule has 80 valence electrons. The fourth-order valence-electron chi connectivity index (χ4n) is 0.830. The minimum absolute atomic E-state index is 0.970. The molecular weight excluding hydrogens is 172 g/mol. The molecule has 0 aliphatic carbocycles. The Balaban J connectivity index is 0. The summed E-state index contributed by atoms with van der Waals surface area (Å²) in [6.45, 7) is 11.5. The minimum Gasteiger partial charge on any atom is -0.313 e. The van der Waals surface area contributed by atoms with E-state index in [1.165, 1.54) is 0 Å². The number of nitrogens with zero attached hydrogens (tertiary/aromatic N) is 1. The van der Waals surface area contributed by atoms with Gasteiger partial charge < -0.3 is 5.43 Å². The van der Waals surface area contributed by atoms with E-state index in [0.717, 1.165) is 11.3 Å². The van der Waals surface area contributed by atoms with Gasteiger partial charge in [0, 0.05) is 7.05 Å². The normalized spacial score (nSPS) is 12.1. The van der Waals surface area contributed by atoms with Crippen LogP contribution in [-0.4, -0.2) is 12.8 Å². The molecule has 0 aliphatic heterocycles. The number of hydrogen-bond donors (Lipinski definition) is 1. The van der Waals surface area contributed by atoms with Crippen LogP contribution in [0.1, 0.15) is 27.7 Å². The van der Waals surface area contributed by atoms with Crippen molar-refractivity contribution in [1.29, 1.82) is 0 Å². The van der Waals surface area contributed by atoms with Crippen LogP contribution in [0.4, 0.5) is 0 Å². The van der Waals surface area contributed by atoms with Gasteiger partial charge in [-0.05, 0) is 19.4 Å². The van der Waals surface area contributed by atoms with Crippen molar-refractivity contribution in [3.63, 3.8) is 0 Å². The SMILES string of the molecule is C=C\C=C/C(=C\C)C(/C)=N/NC.CC. The average Bonchev–Trinajstić information content (AvgIpc) is 2.22. The van der Waals surface area contributed by atoms with E-state index in [9.17, 15) is 0 Å². The average molecular weight is 194 g/mol. The summed E-state index contributed by atoms with van der Waals surface area (Å²) in [5.74, 6) is 0. The van der Waals surface area contributed by atoms with Gasteiger partial charge in [-0.15, -0.1) is 0 Å². The van der Waals surface area contributed by atoms with Crippen LogP contribution in [0.5, 0.6) is 0 Å². The van der Waals surface area contributed by atoms with E-state index in [1.807, 2.05) is 45.9 Å². The highest BCUT2D eigenvalue weighted by Crippen LogP contribution is 1.99. The quantitative estimate of drug-likeness (QED) is 0.414. The van der Waals surface area contributed by atoms with Crippen molar-refractivity contribution in [2.75, 3.05) is 7.05 Å². The van der Waals surface area contributed by atoms with Gasteiger partial charge in [-0.1, -0.05) is 44.7 Å². The molecule has 0 spiro atoms. The molecule has 0 saturated carbocycles. The van der Waals surface area contributed by atoms with Crippen LogP contribution in [0.15, 0.2) is 41.6 Å². The van der Waals surface area contributed by atoms with Crippen LogP contribution in [-0.2, 0) is 0 Å². The number of nitrogens with one attached hydrogen (secondary N) is 1. The van der Waals surface area contributed by atoms with Crippen molar-refractivity contribution in [3.05, 3.63) is 36.5 Å². The molecule has 2 heteroatoms. The van der Waals surface area contributed by atoms with Gasteiger partial charge in [0.2, 0.25) is 0 Å². The Hall–Kier alpha value is -1.31. The summed E-state index contributed by atoms with van der Waals surface area (Å²) in [6.07, 6.45) is 7.62. The molecule has 2 nitrogen and oxygen atoms in total. The maximum absolute atomic E-state index is 4.06. The zero-order chi connectivity index (χ0) is 11.4. The van der Waals surface area contributed by atoms with E-state index < -0.39 is 0 Å². The van der Waals surface area contributed by atoms with Crippen molar-refractivity contribution in [2.45, 2.75) is 27.7 Å². The fraction of sp³-hybridized carbons (Fsp3) is 0.417. The zero-order valence-corrected chi connectivity index (χ0v) is 9.96. The summed E-state index contributed by atoms with van der Waals surface area (Å²) in [4.78, 5) is 0. The third-order valence-electron chi connectivity index (χ3n) is 1.42. The molecule has 0 heterocycles. The van der Waals surface area contributed by atoms with Crippen LogP contribution in [0.25, 0.3) is 0 Å². The van der Waals surface area contributed by atoms with Crippen LogP contribution in [0, 0.1) is 0 Å². The first kappa shape index (κ1) is 15.2. The Labute approximate surface area is 88.1 Å². The van der Waals surface area contributed by atoms with Crippen LogP contribution < -0.4 is 5.43 Å². The molecule has 0 aromatic rings. The van der Waals surface area contributed by atoms with E-state index in [4.69, 9.17) is 0 Å². The van der Waals surface area contributed by atoms with Gasteiger partial charge in [0.1, 0.15) is 0 Å². The molecule has 0 amide bonds. The van der Waals surface area contributed by atoms with Crippen molar-refractivity contribution >= 4 is 5.71 Å². The molecule has 0 aromatic carbocycles. The Morgan fingerprint density at radius 3 is 2.29 bits per heavy atom. The Bertz CT molecular complexity index is 222. The molecular formula is C12H22N2. The number of hydrazone groups is 1. The summed E-state index contributed by atoms with van der Waals surface area (Å²) < 4.78 is 0. The third kappa shape index (κ3) is 7.35. The standard InChI is InChI=1S/C10H16N2.C2H6/c1-5-7-8-10(6-2)9(3)12-11-4;1-2/h5-8,11H,1H2,2-4H3;1-2H3/b8-7-,10-6+,12-9+;. The summed E-state index contributed by atoms with van der Waals surface area (Å²) in [7, 11) is 1.79. The second kappa shape index (κ2) is 11.7. The van der Waals surface area contributed by atoms with Gasteiger partial charge in [-0.25, -0.2) is 0 Å². The van der Waals surface area contributed by atoms with Gasteiger partial charge in [0.15, 0.2) is 0 Å². The second-order valence-electron chi connectivity index (χ2n) is 2.26. The number of rotatable bonds is 4. The first-order chi connectivity index (χ1) is 6.76. The maximum Gasteiger partial charge on any atom is 0.0640 e. The Morgan fingerprint density at radius 1 is 1.36 bits per heavy atom. The smallest absolute Gasteiger partial charge is 0.0640 e. The lowest BCUT2D eigenvalue weighted by Crippen LogP contribution is -2.03. The highest BCUT2D eigenvalue weighted by molar-refractivity contribution is 6.00. The molecule has 0 fully saturated rings. The van der Waals surface area contributed by atoms with Crippen LogP contribution >= 0.6 is 0 Å². The first-order valence-corrected chi connectivity index (χ1v) is 4.93. The van der Waals surface area contributed by atoms with E-state index in [1.54, 1.807) is 13.1 Å². The number of hydrogen-bond acceptors (Lipinski definition) is 2. The molecule has 0 unspecified atom stereocenters. The van der Waals surface area contributed by atoms with Gasteiger partial charge in [0.05, 0.1) is 5.71 Å². The Kier molecular flexibility index (Phi) is 12.7. The third-order valence-corrected chi connectivity index (χ3v) is 1.42. The molecule has 1 N–H and O–H groups in total. The van der Waals surface area contributed by atoms with Crippen LogP contribution in [0.3, 0.4) is 0 Å².